The summed E-state index contributed by atoms with van der Waals surface area (Å²) in [6, 6.07) is 8.44. The van der Waals surface area contributed by atoms with E-state index in [1.807, 2.05) is 0 Å². The van der Waals surface area contributed by atoms with Crippen LogP contribution in [0.4, 0.5) is 18.9 Å². The van der Waals surface area contributed by atoms with Gasteiger partial charge in [0.15, 0.2) is 5.60 Å². The zero-order valence-electron chi connectivity index (χ0n) is 16.2. The van der Waals surface area contributed by atoms with Crippen molar-refractivity contribution >= 4 is 33.8 Å². The molecule has 1 aliphatic carbocycles. The second kappa shape index (κ2) is 7.32. The molecule has 4 N–H and O–H groups in total. The smallest absolute Gasteiger partial charge is 0.419 e. The third kappa shape index (κ3) is 3.45. The first-order chi connectivity index (χ1) is 14.5. The van der Waals surface area contributed by atoms with Crippen LogP contribution >= 0.6 is 11.6 Å². The van der Waals surface area contributed by atoms with Gasteiger partial charge in [0.2, 0.25) is 5.56 Å². The second-order valence-electron chi connectivity index (χ2n) is 7.47. The molecule has 0 radical (unpaired) electrons. The van der Waals surface area contributed by atoms with Crippen LogP contribution in [0.2, 0.25) is 5.02 Å². The first kappa shape index (κ1) is 21.3. The van der Waals surface area contributed by atoms with Crippen LogP contribution in [0, 0.1) is 0 Å². The summed E-state index contributed by atoms with van der Waals surface area (Å²) in [6.07, 6.45) is -4.21. The van der Waals surface area contributed by atoms with E-state index in [4.69, 9.17) is 11.6 Å². The summed E-state index contributed by atoms with van der Waals surface area (Å²) in [4.78, 5) is 14.2. The van der Waals surface area contributed by atoms with Crippen molar-refractivity contribution in [3.63, 3.8) is 0 Å². The van der Waals surface area contributed by atoms with E-state index in [9.17, 15) is 28.2 Å². The molecule has 31 heavy (non-hydrogen) atoms. The Labute approximate surface area is 179 Å². The largest absolute Gasteiger partial charge is 0.506 e. The van der Waals surface area contributed by atoms with Gasteiger partial charge in [-0.3, -0.25) is 4.79 Å². The zero-order chi connectivity index (χ0) is 22.6. The Bertz CT molecular complexity index is 1270. The van der Waals surface area contributed by atoms with Crippen molar-refractivity contribution in [1.29, 1.82) is 0 Å². The van der Waals surface area contributed by atoms with E-state index in [0.29, 0.717) is 22.2 Å². The molecule has 4 rings (SSSR count). The van der Waals surface area contributed by atoms with Crippen molar-refractivity contribution in [2.75, 3.05) is 5.32 Å². The van der Waals surface area contributed by atoms with Gasteiger partial charge in [-0.15, -0.1) is 0 Å². The molecule has 2 unspecified atom stereocenters. The predicted octanol–water partition coefficient (Wildman–Crippen LogP) is 5.14. The van der Waals surface area contributed by atoms with E-state index in [2.05, 4.69) is 10.3 Å². The highest BCUT2D eigenvalue weighted by Crippen LogP contribution is 2.53. The fourth-order valence-electron chi connectivity index (χ4n) is 4.03. The van der Waals surface area contributed by atoms with Crippen LogP contribution < -0.4 is 10.9 Å². The van der Waals surface area contributed by atoms with Gasteiger partial charge in [0.1, 0.15) is 5.75 Å². The van der Waals surface area contributed by atoms with Gasteiger partial charge < -0.3 is 20.5 Å². The molecule has 5 nitrogen and oxygen atoms in total. The normalized spacial score (nSPS) is 22.5. The van der Waals surface area contributed by atoms with Crippen LogP contribution in [0.5, 0.6) is 5.75 Å². The van der Waals surface area contributed by atoms with Gasteiger partial charge in [0.05, 0.1) is 16.6 Å². The van der Waals surface area contributed by atoms with Crippen LogP contribution in [0.15, 0.2) is 53.3 Å². The number of aromatic amines is 1. The van der Waals surface area contributed by atoms with E-state index < -0.39 is 24.2 Å². The summed E-state index contributed by atoms with van der Waals surface area (Å²) in [7, 11) is 0. The SMILES string of the molecule is CC=C1CC(O)(C(F)(F)F)C(Nc2cccc3[nH]c(=O)ccc23)c2cc(Cl)c(O)cc21. The van der Waals surface area contributed by atoms with Gasteiger partial charge in [0, 0.05) is 23.6 Å². The van der Waals surface area contributed by atoms with Crippen LogP contribution in [-0.2, 0) is 0 Å². The lowest BCUT2D eigenvalue weighted by molar-refractivity contribution is -0.265. The molecule has 0 spiro atoms. The van der Waals surface area contributed by atoms with Gasteiger partial charge in [-0.2, -0.15) is 13.2 Å². The topological polar surface area (TPSA) is 85.4 Å². The van der Waals surface area contributed by atoms with Crippen molar-refractivity contribution in [2.24, 2.45) is 0 Å². The lowest BCUT2D eigenvalue weighted by Gasteiger charge is -2.44. The summed E-state index contributed by atoms with van der Waals surface area (Å²) in [6.45, 7) is 1.57. The summed E-state index contributed by atoms with van der Waals surface area (Å²) in [5.41, 5.74) is -2.07. The first-order valence-corrected chi connectivity index (χ1v) is 9.78. The standard InChI is InChI=1S/C22H18ClF3N2O3/c1-2-11-10-21(31,22(24,25)26)20(14-8-15(23)18(29)9-13(11)14)28-17-5-3-4-16-12(17)6-7-19(30)27-16/h2-9,20,28-29,31H,10H2,1H3,(H,27,30). The molecule has 0 fully saturated rings. The summed E-state index contributed by atoms with van der Waals surface area (Å²) < 4.78 is 42.5. The average Bonchev–Trinajstić information content (AvgIpc) is 2.70. The maximum absolute atomic E-state index is 14.2. The van der Waals surface area contributed by atoms with Crippen LogP contribution in [0.1, 0.15) is 30.5 Å². The molecule has 1 aromatic heterocycles. The third-order valence-electron chi connectivity index (χ3n) is 5.62. The van der Waals surface area contributed by atoms with Gasteiger partial charge >= 0.3 is 6.18 Å². The van der Waals surface area contributed by atoms with E-state index >= 15 is 0 Å². The third-order valence-corrected chi connectivity index (χ3v) is 5.92. The number of phenolic OH excluding ortho intramolecular Hbond substituents is 1. The number of halogens is 4. The number of aliphatic hydroxyl groups is 1. The molecular weight excluding hydrogens is 433 g/mol. The summed E-state index contributed by atoms with van der Waals surface area (Å²) >= 11 is 6.02. The van der Waals surface area contributed by atoms with Gasteiger partial charge in [-0.1, -0.05) is 23.7 Å². The van der Waals surface area contributed by atoms with E-state index in [1.54, 1.807) is 25.1 Å². The highest BCUT2D eigenvalue weighted by molar-refractivity contribution is 6.32. The molecule has 0 saturated heterocycles. The number of anilines is 1. The number of benzene rings is 2. The molecule has 162 valence electrons. The molecule has 2 aromatic carbocycles. The summed E-state index contributed by atoms with van der Waals surface area (Å²) in [5, 5.41) is 24.2. The van der Waals surface area contributed by atoms with E-state index in [1.165, 1.54) is 30.3 Å². The fourth-order valence-corrected chi connectivity index (χ4v) is 4.20. The van der Waals surface area contributed by atoms with Crippen molar-refractivity contribution in [1.82, 2.24) is 4.98 Å². The Morgan fingerprint density at radius 3 is 2.68 bits per heavy atom. The van der Waals surface area contributed by atoms with Gasteiger partial charge in [0.25, 0.3) is 0 Å². The minimum Gasteiger partial charge on any atom is -0.506 e. The maximum atomic E-state index is 14.2. The number of allylic oxidation sites excluding steroid dienone is 1. The molecule has 0 aliphatic heterocycles. The van der Waals surface area contributed by atoms with E-state index in [-0.39, 0.29) is 27.5 Å². The Morgan fingerprint density at radius 1 is 1.26 bits per heavy atom. The lowest BCUT2D eigenvalue weighted by Crippen LogP contribution is -2.54. The Balaban J connectivity index is 1.96. The lowest BCUT2D eigenvalue weighted by atomic mass is 9.73. The fraction of sp³-hybridized carbons (Fsp3) is 0.227. The summed E-state index contributed by atoms with van der Waals surface area (Å²) in [5.74, 6) is -0.265. The van der Waals surface area contributed by atoms with Gasteiger partial charge in [-0.25, -0.2) is 0 Å². The van der Waals surface area contributed by atoms with Gasteiger partial charge in [-0.05, 0) is 54.0 Å². The average molecular weight is 451 g/mol. The van der Waals surface area contributed by atoms with Crippen molar-refractivity contribution in [3.8, 4) is 5.75 Å². The number of pyridine rings is 1. The maximum Gasteiger partial charge on any atom is 0.419 e. The number of H-pyrrole nitrogens is 1. The molecule has 0 saturated carbocycles. The molecule has 0 amide bonds. The monoisotopic (exact) mass is 450 g/mol. The Kier molecular flexibility index (Phi) is 5.02. The van der Waals surface area contributed by atoms with Crippen LogP contribution in [0.3, 0.4) is 0 Å². The second-order valence-corrected chi connectivity index (χ2v) is 7.88. The number of hydrogen-bond acceptors (Lipinski definition) is 4. The number of hydrogen-bond donors (Lipinski definition) is 4. The zero-order valence-corrected chi connectivity index (χ0v) is 17.0. The number of nitrogens with one attached hydrogen (secondary N) is 2. The first-order valence-electron chi connectivity index (χ1n) is 9.41. The number of fused-ring (bicyclic) bond motifs is 2. The highest BCUT2D eigenvalue weighted by atomic mass is 35.5. The van der Waals surface area contributed by atoms with Crippen molar-refractivity contribution in [2.45, 2.75) is 31.2 Å². The van der Waals surface area contributed by atoms with Crippen molar-refractivity contribution in [3.05, 3.63) is 75.0 Å². The molecule has 2 atom stereocenters. The molecular formula is C22H18ClF3N2O3. The number of phenols is 1. The number of rotatable bonds is 2. The number of aromatic nitrogens is 1. The Hall–Kier alpha value is -2.97. The minimum atomic E-state index is -4.97. The molecule has 0 bridgehead atoms. The van der Waals surface area contributed by atoms with Crippen LogP contribution in [-0.4, -0.2) is 27.0 Å². The van der Waals surface area contributed by atoms with E-state index in [0.717, 1.165) is 0 Å². The molecule has 1 heterocycles. The number of aromatic hydroxyl groups is 1. The van der Waals surface area contributed by atoms with Crippen LogP contribution in [0.25, 0.3) is 16.5 Å². The number of alkyl halides is 3. The quantitative estimate of drug-likeness (QED) is 0.435. The minimum absolute atomic E-state index is 0.100. The molecule has 9 heteroatoms. The molecule has 1 aliphatic rings. The van der Waals surface area contributed by atoms with Crippen molar-refractivity contribution < 1.29 is 23.4 Å². The predicted molar refractivity (Wildman–Crippen MR) is 113 cm³/mol. The molecule has 3 aromatic rings. The highest BCUT2D eigenvalue weighted by Gasteiger charge is 2.61. The Morgan fingerprint density at radius 2 is 2.00 bits per heavy atom.